The predicted octanol–water partition coefficient (Wildman–Crippen LogP) is 6.07. The molecule has 0 saturated carbocycles. The third-order valence-electron chi connectivity index (χ3n) is 4.63. The SMILES string of the molecule is CCOc1ccc(N2C(=O)/C(=C\c3ccc(OCc4ccccc4)cc3)SC2=S)cc1. The molecular weight excluding hydrogens is 426 g/mol. The summed E-state index contributed by atoms with van der Waals surface area (Å²) in [6, 6.07) is 25.1. The van der Waals surface area contributed by atoms with Crippen molar-refractivity contribution in [2.45, 2.75) is 13.5 Å². The largest absolute Gasteiger partial charge is 0.494 e. The molecule has 3 aromatic rings. The Labute approximate surface area is 191 Å². The average Bonchev–Trinajstić information content (AvgIpc) is 3.07. The van der Waals surface area contributed by atoms with Crippen molar-refractivity contribution in [3.8, 4) is 11.5 Å². The maximum absolute atomic E-state index is 13.0. The fraction of sp³-hybridized carbons (Fsp3) is 0.120. The van der Waals surface area contributed by atoms with E-state index in [9.17, 15) is 4.79 Å². The molecule has 1 saturated heterocycles. The van der Waals surface area contributed by atoms with Gasteiger partial charge in [0.25, 0.3) is 5.91 Å². The second-order valence-electron chi connectivity index (χ2n) is 6.79. The van der Waals surface area contributed by atoms with Gasteiger partial charge in [-0.05, 0) is 60.5 Å². The van der Waals surface area contributed by atoms with Gasteiger partial charge in [0.1, 0.15) is 18.1 Å². The van der Waals surface area contributed by atoms with E-state index in [-0.39, 0.29) is 5.91 Å². The number of benzene rings is 3. The van der Waals surface area contributed by atoms with E-state index in [0.717, 1.165) is 28.3 Å². The fourth-order valence-electron chi connectivity index (χ4n) is 3.10. The number of thiocarbonyl (C=S) groups is 1. The Morgan fingerprint density at radius 3 is 2.23 bits per heavy atom. The summed E-state index contributed by atoms with van der Waals surface area (Å²) < 4.78 is 11.8. The summed E-state index contributed by atoms with van der Waals surface area (Å²) in [6.45, 7) is 3.04. The van der Waals surface area contributed by atoms with E-state index in [0.29, 0.717) is 22.4 Å². The average molecular weight is 448 g/mol. The van der Waals surface area contributed by atoms with Crippen LogP contribution in [0.3, 0.4) is 0 Å². The quantitative estimate of drug-likeness (QED) is 0.325. The third-order valence-corrected chi connectivity index (χ3v) is 5.93. The number of hydrogen-bond acceptors (Lipinski definition) is 5. The van der Waals surface area contributed by atoms with Crippen molar-refractivity contribution in [1.82, 2.24) is 0 Å². The molecule has 0 aromatic heterocycles. The molecule has 1 fully saturated rings. The van der Waals surface area contributed by atoms with Gasteiger partial charge >= 0.3 is 0 Å². The minimum absolute atomic E-state index is 0.122. The first-order valence-electron chi connectivity index (χ1n) is 9.91. The van der Waals surface area contributed by atoms with Gasteiger partial charge in [-0.15, -0.1) is 0 Å². The Kier molecular flexibility index (Phi) is 6.70. The molecule has 0 atom stereocenters. The van der Waals surface area contributed by atoms with Gasteiger partial charge in [-0.3, -0.25) is 9.69 Å². The Morgan fingerprint density at radius 1 is 0.903 bits per heavy atom. The van der Waals surface area contributed by atoms with Crippen LogP contribution < -0.4 is 14.4 Å². The molecule has 0 spiro atoms. The third kappa shape index (κ3) is 5.16. The van der Waals surface area contributed by atoms with Crippen LogP contribution in [0.25, 0.3) is 6.08 Å². The Morgan fingerprint density at radius 2 is 1.55 bits per heavy atom. The normalized spacial score (nSPS) is 14.9. The molecule has 1 amide bonds. The van der Waals surface area contributed by atoms with Crippen LogP contribution in [-0.2, 0) is 11.4 Å². The first-order valence-corrected chi connectivity index (χ1v) is 11.1. The first kappa shape index (κ1) is 21.2. The van der Waals surface area contributed by atoms with Gasteiger partial charge in [0.2, 0.25) is 0 Å². The van der Waals surface area contributed by atoms with E-state index in [2.05, 4.69) is 0 Å². The molecule has 0 radical (unpaired) electrons. The van der Waals surface area contributed by atoms with Gasteiger partial charge in [0.05, 0.1) is 17.2 Å². The maximum Gasteiger partial charge on any atom is 0.270 e. The van der Waals surface area contributed by atoms with Gasteiger partial charge in [0, 0.05) is 0 Å². The molecule has 0 unspecified atom stereocenters. The van der Waals surface area contributed by atoms with Crippen LogP contribution in [0.4, 0.5) is 5.69 Å². The van der Waals surface area contributed by atoms with Gasteiger partial charge in [0.15, 0.2) is 4.32 Å². The summed E-state index contributed by atoms with van der Waals surface area (Å²) in [6.07, 6.45) is 1.86. The molecule has 0 aliphatic carbocycles. The minimum atomic E-state index is -0.122. The van der Waals surface area contributed by atoms with Gasteiger partial charge in [-0.25, -0.2) is 0 Å². The van der Waals surface area contributed by atoms with Crippen LogP contribution in [0.1, 0.15) is 18.1 Å². The van der Waals surface area contributed by atoms with Crippen LogP contribution in [-0.4, -0.2) is 16.8 Å². The zero-order valence-electron chi connectivity index (χ0n) is 17.0. The number of ether oxygens (including phenoxy) is 2. The van der Waals surface area contributed by atoms with E-state index < -0.39 is 0 Å². The number of carbonyl (C=O) groups is 1. The summed E-state index contributed by atoms with van der Waals surface area (Å²) in [4.78, 5) is 15.1. The van der Waals surface area contributed by atoms with Gasteiger partial charge in [-0.2, -0.15) is 0 Å². The minimum Gasteiger partial charge on any atom is -0.494 e. The molecule has 31 heavy (non-hydrogen) atoms. The zero-order valence-corrected chi connectivity index (χ0v) is 18.6. The molecule has 6 heteroatoms. The van der Waals surface area contributed by atoms with Gasteiger partial charge in [-0.1, -0.05) is 66.4 Å². The van der Waals surface area contributed by atoms with Crippen LogP contribution in [0, 0.1) is 0 Å². The van der Waals surface area contributed by atoms with Crippen LogP contribution >= 0.6 is 24.0 Å². The molecule has 156 valence electrons. The number of nitrogens with zero attached hydrogens (tertiary/aromatic N) is 1. The molecular formula is C25H21NO3S2. The van der Waals surface area contributed by atoms with Crippen LogP contribution in [0.5, 0.6) is 11.5 Å². The summed E-state index contributed by atoms with van der Waals surface area (Å²) in [5.74, 6) is 1.42. The standard InChI is InChI=1S/C25H21NO3S2/c1-2-28-21-14-10-20(11-15-21)26-24(27)23(31-25(26)30)16-18-8-12-22(13-9-18)29-17-19-6-4-3-5-7-19/h3-16H,2,17H2,1H3/b23-16+. The monoisotopic (exact) mass is 447 g/mol. The highest BCUT2D eigenvalue weighted by molar-refractivity contribution is 8.27. The zero-order chi connectivity index (χ0) is 21.6. The summed E-state index contributed by atoms with van der Waals surface area (Å²) >= 11 is 6.76. The van der Waals surface area contributed by atoms with Crippen LogP contribution in [0.15, 0.2) is 83.8 Å². The maximum atomic E-state index is 13.0. The molecule has 1 aliphatic heterocycles. The second kappa shape index (κ2) is 9.81. The van der Waals surface area contributed by atoms with Crippen molar-refractivity contribution < 1.29 is 14.3 Å². The lowest BCUT2D eigenvalue weighted by Crippen LogP contribution is -2.27. The molecule has 1 heterocycles. The fourth-order valence-corrected chi connectivity index (χ4v) is 4.40. The van der Waals surface area contributed by atoms with E-state index in [1.54, 1.807) is 4.90 Å². The van der Waals surface area contributed by atoms with Crippen molar-refractivity contribution in [2.24, 2.45) is 0 Å². The van der Waals surface area contributed by atoms with E-state index in [1.807, 2.05) is 91.9 Å². The number of hydrogen-bond donors (Lipinski definition) is 0. The van der Waals surface area contributed by atoms with Crippen LogP contribution in [0.2, 0.25) is 0 Å². The molecule has 4 nitrogen and oxygen atoms in total. The Balaban J connectivity index is 1.43. The number of thioether (sulfide) groups is 1. The smallest absolute Gasteiger partial charge is 0.270 e. The lowest BCUT2D eigenvalue weighted by Gasteiger charge is -2.15. The van der Waals surface area contributed by atoms with E-state index >= 15 is 0 Å². The molecule has 0 bridgehead atoms. The van der Waals surface area contributed by atoms with Crippen molar-refractivity contribution in [3.63, 3.8) is 0 Å². The summed E-state index contributed by atoms with van der Waals surface area (Å²) in [5, 5.41) is 0. The number of anilines is 1. The molecule has 3 aromatic carbocycles. The highest BCUT2D eigenvalue weighted by Crippen LogP contribution is 2.36. The second-order valence-corrected chi connectivity index (χ2v) is 8.46. The predicted molar refractivity (Wildman–Crippen MR) is 130 cm³/mol. The highest BCUT2D eigenvalue weighted by Gasteiger charge is 2.33. The Bertz CT molecular complexity index is 1090. The van der Waals surface area contributed by atoms with Crippen molar-refractivity contribution in [1.29, 1.82) is 0 Å². The molecule has 1 aliphatic rings. The lowest BCUT2D eigenvalue weighted by atomic mass is 10.2. The molecule has 4 rings (SSSR count). The molecule has 0 N–H and O–H groups in total. The number of carbonyl (C=O) groups excluding carboxylic acids is 1. The highest BCUT2D eigenvalue weighted by atomic mass is 32.2. The van der Waals surface area contributed by atoms with Gasteiger partial charge < -0.3 is 9.47 Å². The topological polar surface area (TPSA) is 38.8 Å². The Hall–Kier alpha value is -3.09. The van der Waals surface area contributed by atoms with E-state index in [1.165, 1.54) is 11.8 Å². The van der Waals surface area contributed by atoms with Crippen molar-refractivity contribution in [2.75, 3.05) is 11.5 Å². The first-order chi connectivity index (χ1) is 15.1. The lowest BCUT2D eigenvalue weighted by molar-refractivity contribution is -0.113. The van der Waals surface area contributed by atoms with E-state index in [4.69, 9.17) is 21.7 Å². The van der Waals surface area contributed by atoms with Crippen molar-refractivity contribution in [3.05, 3.63) is 94.9 Å². The summed E-state index contributed by atoms with van der Waals surface area (Å²) in [7, 11) is 0. The number of amides is 1. The van der Waals surface area contributed by atoms with Crippen molar-refractivity contribution >= 4 is 46.0 Å². The number of rotatable bonds is 7. The summed E-state index contributed by atoms with van der Waals surface area (Å²) in [5.41, 5.74) is 2.77.